The summed E-state index contributed by atoms with van der Waals surface area (Å²) in [7, 11) is -3.74. The van der Waals surface area contributed by atoms with Gasteiger partial charge in [0, 0.05) is 11.4 Å². The van der Waals surface area contributed by atoms with Crippen LogP contribution in [0.15, 0.2) is 45.5 Å². The standard InChI is InChI=1S/C15H19N5O2S/c1-10(2)18-19-13-5-7-14(8-6-13)23(21,22)20-15-16-11(3)9-12(4)17-15/h5-10H,1-4H3,(H,16,17,20). The van der Waals surface area contributed by atoms with Crippen molar-refractivity contribution in [3.63, 3.8) is 0 Å². The van der Waals surface area contributed by atoms with Crippen LogP contribution in [0.4, 0.5) is 11.6 Å². The highest BCUT2D eigenvalue weighted by Crippen LogP contribution is 2.19. The zero-order valence-corrected chi connectivity index (χ0v) is 14.3. The molecule has 0 amide bonds. The minimum absolute atomic E-state index is 0.0612. The molecule has 0 aliphatic carbocycles. The molecule has 1 heterocycles. The predicted molar refractivity (Wildman–Crippen MR) is 88.4 cm³/mol. The highest BCUT2D eigenvalue weighted by Gasteiger charge is 2.16. The number of hydrogen-bond donors (Lipinski definition) is 1. The molecular weight excluding hydrogens is 314 g/mol. The molecule has 0 aliphatic heterocycles. The van der Waals surface area contributed by atoms with Gasteiger partial charge in [-0.2, -0.15) is 10.2 Å². The Balaban J connectivity index is 2.22. The number of hydrogen-bond acceptors (Lipinski definition) is 6. The third kappa shape index (κ3) is 4.82. The van der Waals surface area contributed by atoms with Crippen molar-refractivity contribution >= 4 is 21.7 Å². The summed E-state index contributed by atoms with van der Waals surface area (Å²) in [5, 5.41) is 8.03. The van der Waals surface area contributed by atoms with Gasteiger partial charge in [0.05, 0.1) is 16.6 Å². The first-order valence-electron chi connectivity index (χ1n) is 7.12. The number of nitrogens with one attached hydrogen (secondary N) is 1. The summed E-state index contributed by atoms with van der Waals surface area (Å²) < 4.78 is 27.1. The van der Waals surface area contributed by atoms with Crippen molar-refractivity contribution in [1.29, 1.82) is 0 Å². The van der Waals surface area contributed by atoms with Crippen LogP contribution in [0.25, 0.3) is 0 Å². The molecule has 0 aliphatic rings. The number of rotatable bonds is 5. The van der Waals surface area contributed by atoms with Crippen LogP contribution >= 0.6 is 0 Å². The summed E-state index contributed by atoms with van der Waals surface area (Å²) in [5.41, 5.74) is 1.99. The maximum absolute atomic E-state index is 12.4. The van der Waals surface area contributed by atoms with Gasteiger partial charge in [-0.1, -0.05) is 0 Å². The predicted octanol–water partition coefficient (Wildman–Crippen LogP) is 3.39. The summed E-state index contributed by atoms with van der Waals surface area (Å²) in [6, 6.07) is 8.00. The summed E-state index contributed by atoms with van der Waals surface area (Å²) in [6.07, 6.45) is 0. The molecule has 23 heavy (non-hydrogen) atoms. The normalized spacial score (nSPS) is 12.0. The zero-order chi connectivity index (χ0) is 17.0. The van der Waals surface area contributed by atoms with E-state index in [1.54, 1.807) is 32.0 Å². The van der Waals surface area contributed by atoms with Crippen LogP contribution in [0.3, 0.4) is 0 Å². The zero-order valence-electron chi connectivity index (χ0n) is 13.5. The third-order valence-corrected chi connectivity index (χ3v) is 4.10. The number of aryl methyl sites for hydroxylation is 2. The SMILES string of the molecule is Cc1cc(C)nc(NS(=O)(=O)c2ccc(N=NC(C)C)cc2)n1. The first kappa shape index (κ1) is 17.0. The van der Waals surface area contributed by atoms with Gasteiger partial charge in [0.25, 0.3) is 10.0 Å². The average Bonchev–Trinajstić information content (AvgIpc) is 2.44. The van der Waals surface area contributed by atoms with Crippen molar-refractivity contribution in [2.45, 2.75) is 38.6 Å². The van der Waals surface area contributed by atoms with E-state index in [1.165, 1.54) is 12.1 Å². The summed E-state index contributed by atoms with van der Waals surface area (Å²) in [4.78, 5) is 8.27. The van der Waals surface area contributed by atoms with Gasteiger partial charge < -0.3 is 0 Å². The molecule has 0 fully saturated rings. The lowest BCUT2D eigenvalue weighted by Crippen LogP contribution is -2.15. The average molecular weight is 333 g/mol. The summed E-state index contributed by atoms with van der Waals surface area (Å²) >= 11 is 0. The fourth-order valence-corrected chi connectivity index (χ4v) is 2.77. The number of benzene rings is 1. The lowest BCUT2D eigenvalue weighted by atomic mass is 10.3. The van der Waals surface area contributed by atoms with Crippen molar-refractivity contribution in [3.05, 3.63) is 41.7 Å². The molecule has 0 atom stereocenters. The molecular formula is C15H19N5O2S. The van der Waals surface area contributed by atoms with Crippen LogP contribution in [-0.2, 0) is 10.0 Å². The number of anilines is 1. The van der Waals surface area contributed by atoms with E-state index in [9.17, 15) is 8.42 Å². The molecule has 2 aromatic rings. The highest BCUT2D eigenvalue weighted by molar-refractivity contribution is 7.92. The molecule has 8 heteroatoms. The molecule has 7 nitrogen and oxygen atoms in total. The molecule has 1 N–H and O–H groups in total. The Bertz CT molecular complexity index is 794. The largest absolute Gasteiger partial charge is 0.264 e. The molecule has 1 aromatic carbocycles. The Morgan fingerprint density at radius 1 is 1.04 bits per heavy atom. The molecule has 0 saturated heterocycles. The topological polar surface area (TPSA) is 96.7 Å². The Kier molecular flexibility index (Phi) is 5.05. The molecule has 0 spiro atoms. The maximum atomic E-state index is 12.4. The second-order valence-corrected chi connectivity index (χ2v) is 7.07. The maximum Gasteiger partial charge on any atom is 0.264 e. The van der Waals surface area contributed by atoms with Gasteiger partial charge >= 0.3 is 0 Å². The molecule has 1 aromatic heterocycles. The van der Waals surface area contributed by atoms with Crippen LogP contribution in [-0.4, -0.2) is 24.4 Å². The number of sulfonamides is 1. The molecule has 122 valence electrons. The lowest BCUT2D eigenvalue weighted by molar-refractivity contribution is 0.601. The molecule has 0 unspecified atom stereocenters. The number of aromatic nitrogens is 2. The Hall–Kier alpha value is -2.35. The van der Waals surface area contributed by atoms with Gasteiger partial charge in [-0.3, -0.25) is 0 Å². The van der Waals surface area contributed by atoms with E-state index in [0.29, 0.717) is 17.1 Å². The van der Waals surface area contributed by atoms with Crippen molar-refractivity contribution in [2.24, 2.45) is 10.2 Å². The molecule has 0 radical (unpaired) electrons. The van der Waals surface area contributed by atoms with E-state index < -0.39 is 10.0 Å². The van der Waals surface area contributed by atoms with E-state index in [4.69, 9.17) is 0 Å². The van der Waals surface area contributed by atoms with E-state index in [0.717, 1.165) is 0 Å². The van der Waals surface area contributed by atoms with Crippen molar-refractivity contribution in [3.8, 4) is 0 Å². The van der Waals surface area contributed by atoms with Gasteiger partial charge in [-0.05, 0) is 58.0 Å². The van der Waals surface area contributed by atoms with Gasteiger partial charge in [0.2, 0.25) is 5.95 Å². The molecule has 2 rings (SSSR count). The molecule has 0 saturated carbocycles. The van der Waals surface area contributed by atoms with Crippen LogP contribution < -0.4 is 4.72 Å². The Morgan fingerprint density at radius 2 is 1.61 bits per heavy atom. The summed E-state index contributed by atoms with van der Waals surface area (Å²) in [5.74, 6) is 0.0612. The van der Waals surface area contributed by atoms with E-state index in [1.807, 2.05) is 13.8 Å². The lowest BCUT2D eigenvalue weighted by Gasteiger charge is -2.08. The third-order valence-electron chi connectivity index (χ3n) is 2.76. The minimum Gasteiger partial charge on any atom is -0.247 e. The number of nitrogens with zero attached hydrogens (tertiary/aromatic N) is 4. The van der Waals surface area contributed by atoms with Crippen LogP contribution in [0.1, 0.15) is 25.2 Å². The minimum atomic E-state index is -3.74. The van der Waals surface area contributed by atoms with Gasteiger partial charge in [-0.25, -0.2) is 23.1 Å². The van der Waals surface area contributed by atoms with E-state index in [2.05, 4.69) is 24.9 Å². The quantitative estimate of drug-likeness (QED) is 0.848. The Morgan fingerprint density at radius 3 is 2.13 bits per heavy atom. The fourth-order valence-electron chi connectivity index (χ4n) is 1.82. The molecule has 0 bridgehead atoms. The second kappa shape index (κ2) is 6.82. The van der Waals surface area contributed by atoms with Gasteiger partial charge in [-0.15, -0.1) is 0 Å². The fraction of sp³-hybridized carbons (Fsp3) is 0.333. The van der Waals surface area contributed by atoms with Gasteiger partial charge in [0.1, 0.15) is 0 Å². The van der Waals surface area contributed by atoms with Crippen molar-refractivity contribution < 1.29 is 8.42 Å². The summed E-state index contributed by atoms with van der Waals surface area (Å²) in [6.45, 7) is 7.38. The second-order valence-electron chi connectivity index (χ2n) is 5.38. The van der Waals surface area contributed by atoms with Crippen molar-refractivity contribution in [2.75, 3.05) is 4.72 Å². The van der Waals surface area contributed by atoms with Crippen LogP contribution in [0.2, 0.25) is 0 Å². The van der Waals surface area contributed by atoms with Crippen LogP contribution in [0, 0.1) is 13.8 Å². The monoisotopic (exact) mass is 333 g/mol. The van der Waals surface area contributed by atoms with Crippen LogP contribution in [0.5, 0.6) is 0 Å². The Labute approximate surface area is 136 Å². The smallest absolute Gasteiger partial charge is 0.247 e. The van der Waals surface area contributed by atoms with E-state index >= 15 is 0 Å². The van der Waals surface area contributed by atoms with E-state index in [-0.39, 0.29) is 16.9 Å². The number of azo groups is 1. The highest BCUT2D eigenvalue weighted by atomic mass is 32.2. The van der Waals surface area contributed by atoms with Crippen molar-refractivity contribution in [1.82, 2.24) is 9.97 Å². The van der Waals surface area contributed by atoms with Gasteiger partial charge in [0.15, 0.2) is 0 Å². The first-order valence-corrected chi connectivity index (χ1v) is 8.60. The first-order chi connectivity index (χ1) is 10.8.